The summed E-state index contributed by atoms with van der Waals surface area (Å²) in [7, 11) is 0. The average molecular weight is 296 g/mol. The van der Waals surface area contributed by atoms with E-state index in [0.717, 1.165) is 29.9 Å². The summed E-state index contributed by atoms with van der Waals surface area (Å²) in [6.45, 7) is 4.93. The molecule has 4 rings (SSSR count). The fraction of sp³-hybridized carbons (Fsp3) is 0.312. The number of hydrogen-bond acceptors (Lipinski definition) is 6. The van der Waals surface area contributed by atoms with E-state index in [1.807, 2.05) is 37.3 Å². The molecule has 0 N–H and O–H groups in total. The van der Waals surface area contributed by atoms with E-state index in [1.165, 1.54) is 0 Å². The number of nitrogens with zero attached hydrogens (tertiary/aromatic N) is 4. The van der Waals surface area contributed by atoms with Gasteiger partial charge in [-0.1, -0.05) is 18.2 Å². The molecular formula is C16H16N4O2. The molecule has 1 aliphatic heterocycles. The zero-order chi connectivity index (χ0) is 14.9. The molecule has 22 heavy (non-hydrogen) atoms. The first-order valence-electron chi connectivity index (χ1n) is 7.34. The number of rotatable bonds is 2. The molecule has 1 saturated heterocycles. The Morgan fingerprint density at radius 3 is 2.55 bits per heavy atom. The van der Waals surface area contributed by atoms with Crippen LogP contribution in [-0.2, 0) is 4.74 Å². The molecule has 0 aliphatic carbocycles. The number of fused-ring (bicyclic) bond motifs is 1. The van der Waals surface area contributed by atoms with Crippen LogP contribution in [0.5, 0.6) is 0 Å². The van der Waals surface area contributed by atoms with Crippen molar-refractivity contribution in [2.45, 2.75) is 6.92 Å². The highest BCUT2D eigenvalue weighted by atomic mass is 16.5. The van der Waals surface area contributed by atoms with Crippen molar-refractivity contribution in [3.8, 4) is 11.5 Å². The lowest BCUT2D eigenvalue weighted by molar-refractivity contribution is 0.122. The van der Waals surface area contributed by atoms with Gasteiger partial charge in [-0.05, 0) is 19.1 Å². The molecule has 0 bridgehead atoms. The number of anilines is 1. The molecule has 112 valence electrons. The largest absolute Gasteiger partial charge is 0.417 e. The molecular weight excluding hydrogens is 280 g/mol. The van der Waals surface area contributed by atoms with Gasteiger partial charge in [0.1, 0.15) is 0 Å². The highest BCUT2D eigenvalue weighted by Crippen LogP contribution is 2.26. The number of oxazole rings is 1. The van der Waals surface area contributed by atoms with Crippen molar-refractivity contribution in [1.29, 1.82) is 0 Å². The van der Waals surface area contributed by atoms with E-state index >= 15 is 0 Å². The van der Waals surface area contributed by atoms with E-state index in [1.54, 1.807) is 0 Å². The Morgan fingerprint density at radius 1 is 1.00 bits per heavy atom. The monoisotopic (exact) mass is 296 g/mol. The molecule has 0 spiro atoms. The van der Waals surface area contributed by atoms with Crippen LogP contribution in [0.1, 0.15) is 5.69 Å². The highest BCUT2D eigenvalue weighted by Gasteiger charge is 2.18. The molecule has 0 amide bonds. The van der Waals surface area contributed by atoms with Gasteiger partial charge in [-0.3, -0.25) is 0 Å². The third-order valence-electron chi connectivity index (χ3n) is 3.74. The minimum Gasteiger partial charge on any atom is -0.417 e. The number of morpholine rings is 1. The molecule has 2 aromatic heterocycles. The molecule has 6 heteroatoms. The molecule has 0 atom stereocenters. The van der Waals surface area contributed by atoms with Gasteiger partial charge in [-0.15, -0.1) is 0 Å². The van der Waals surface area contributed by atoms with Gasteiger partial charge in [0, 0.05) is 18.7 Å². The van der Waals surface area contributed by atoms with Crippen LogP contribution in [-0.4, -0.2) is 41.3 Å². The second kappa shape index (κ2) is 5.38. The zero-order valence-electron chi connectivity index (χ0n) is 12.3. The van der Waals surface area contributed by atoms with Crippen LogP contribution in [0.25, 0.3) is 22.7 Å². The van der Waals surface area contributed by atoms with Gasteiger partial charge in [0.25, 0.3) is 5.71 Å². The number of aryl methyl sites for hydroxylation is 1. The molecule has 0 unspecified atom stereocenters. The van der Waals surface area contributed by atoms with Crippen LogP contribution >= 0.6 is 0 Å². The van der Waals surface area contributed by atoms with Gasteiger partial charge in [-0.25, -0.2) is 9.97 Å². The quantitative estimate of drug-likeness (QED) is 0.723. The van der Waals surface area contributed by atoms with E-state index in [0.29, 0.717) is 30.8 Å². The van der Waals surface area contributed by atoms with E-state index in [-0.39, 0.29) is 0 Å². The van der Waals surface area contributed by atoms with Gasteiger partial charge >= 0.3 is 0 Å². The highest BCUT2D eigenvalue weighted by molar-refractivity contribution is 5.76. The number of ether oxygens (including phenoxy) is 1. The Balaban J connectivity index is 1.77. The zero-order valence-corrected chi connectivity index (χ0v) is 12.3. The summed E-state index contributed by atoms with van der Waals surface area (Å²) in [6, 6.07) is 9.82. The van der Waals surface area contributed by atoms with Gasteiger partial charge in [0.2, 0.25) is 11.8 Å². The van der Waals surface area contributed by atoms with Gasteiger partial charge in [0.15, 0.2) is 5.52 Å². The predicted molar refractivity (Wildman–Crippen MR) is 82.8 cm³/mol. The summed E-state index contributed by atoms with van der Waals surface area (Å²) >= 11 is 0. The van der Waals surface area contributed by atoms with Gasteiger partial charge in [-0.2, -0.15) is 4.98 Å². The Hall–Kier alpha value is -2.47. The Kier molecular flexibility index (Phi) is 3.23. The van der Waals surface area contributed by atoms with E-state index in [2.05, 4.69) is 19.9 Å². The molecule has 3 aromatic rings. The number of benzene rings is 1. The lowest BCUT2D eigenvalue weighted by atomic mass is 10.2. The minimum absolute atomic E-state index is 0.535. The SMILES string of the molecule is Cc1nc(N2CCOCC2)nc2oc(-c3ccccc3)nc12. The molecule has 6 nitrogen and oxygen atoms in total. The van der Waals surface area contributed by atoms with Crippen LogP contribution in [0, 0.1) is 6.92 Å². The van der Waals surface area contributed by atoms with E-state index < -0.39 is 0 Å². The van der Waals surface area contributed by atoms with Crippen molar-refractivity contribution in [2.24, 2.45) is 0 Å². The first kappa shape index (κ1) is 13.2. The summed E-state index contributed by atoms with van der Waals surface area (Å²) in [4.78, 5) is 15.8. The van der Waals surface area contributed by atoms with Gasteiger partial charge < -0.3 is 14.1 Å². The molecule has 1 aliphatic rings. The summed E-state index contributed by atoms with van der Waals surface area (Å²) in [5, 5.41) is 0. The maximum atomic E-state index is 5.85. The summed E-state index contributed by atoms with van der Waals surface area (Å²) in [5.74, 6) is 1.26. The van der Waals surface area contributed by atoms with Crippen LogP contribution < -0.4 is 4.90 Å². The molecule has 0 saturated carbocycles. The molecule has 1 aromatic carbocycles. The van der Waals surface area contributed by atoms with Crippen LogP contribution in [0.4, 0.5) is 5.95 Å². The standard InChI is InChI=1S/C16H16N4O2/c1-11-13-15(19-16(17-11)20-7-9-21-10-8-20)22-14(18-13)12-5-3-2-4-6-12/h2-6H,7-10H2,1H3. The third-order valence-corrected chi connectivity index (χ3v) is 3.74. The Morgan fingerprint density at radius 2 is 1.77 bits per heavy atom. The summed E-state index contributed by atoms with van der Waals surface area (Å²) in [6.07, 6.45) is 0. The fourth-order valence-electron chi connectivity index (χ4n) is 2.55. The van der Waals surface area contributed by atoms with Crippen LogP contribution in [0.2, 0.25) is 0 Å². The van der Waals surface area contributed by atoms with E-state index in [9.17, 15) is 0 Å². The molecule has 0 radical (unpaired) electrons. The lowest BCUT2D eigenvalue weighted by Gasteiger charge is -2.26. The average Bonchev–Trinajstić information content (AvgIpc) is 3.01. The first-order valence-corrected chi connectivity index (χ1v) is 7.34. The van der Waals surface area contributed by atoms with Crippen molar-refractivity contribution >= 4 is 17.2 Å². The van der Waals surface area contributed by atoms with Crippen molar-refractivity contribution in [3.05, 3.63) is 36.0 Å². The smallest absolute Gasteiger partial charge is 0.252 e. The lowest BCUT2D eigenvalue weighted by Crippen LogP contribution is -2.37. The topological polar surface area (TPSA) is 64.3 Å². The van der Waals surface area contributed by atoms with E-state index in [4.69, 9.17) is 9.15 Å². The fourth-order valence-corrected chi connectivity index (χ4v) is 2.55. The molecule has 3 heterocycles. The first-order chi connectivity index (χ1) is 10.8. The maximum absolute atomic E-state index is 5.85. The number of hydrogen-bond donors (Lipinski definition) is 0. The van der Waals surface area contributed by atoms with Crippen molar-refractivity contribution in [3.63, 3.8) is 0 Å². The number of aromatic nitrogens is 3. The summed E-state index contributed by atoms with van der Waals surface area (Å²) < 4.78 is 11.2. The Labute approximate surface area is 127 Å². The third kappa shape index (κ3) is 2.31. The van der Waals surface area contributed by atoms with Crippen LogP contribution in [0.3, 0.4) is 0 Å². The maximum Gasteiger partial charge on any atom is 0.252 e. The predicted octanol–water partition coefficient (Wildman–Crippen LogP) is 2.43. The van der Waals surface area contributed by atoms with Crippen molar-refractivity contribution in [2.75, 3.05) is 31.2 Å². The van der Waals surface area contributed by atoms with Crippen LogP contribution in [0.15, 0.2) is 34.7 Å². The minimum atomic E-state index is 0.535. The second-order valence-corrected chi connectivity index (χ2v) is 5.25. The Bertz CT molecular complexity index is 795. The van der Waals surface area contributed by atoms with Gasteiger partial charge in [0.05, 0.1) is 18.9 Å². The van der Waals surface area contributed by atoms with Crippen molar-refractivity contribution in [1.82, 2.24) is 15.0 Å². The molecule has 1 fully saturated rings. The second-order valence-electron chi connectivity index (χ2n) is 5.25. The normalized spacial score (nSPS) is 15.4. The summed E-state index contributed by atoms with van der Waals surface area (Å²) in [5.41, 5.74) is 3.02. The van der Waals surface area contributed by atoms with Crippen molar-refractivity contribution < 1.29 is 9.15 Å².